The van der Waals surface area contributed by atoms with Gasteiger partial charge in [-0.2, -0.15) is 0 Å². The number of rotatable bonds is 6. The molecule has 1 amide bonds. The van der Waals surface area contributed by atoms with E-state index in [9.17, 15) is 4.79 Å². The Morgan fingerprint density at radius 2 is 2.17 bits per heavy atom. The minimum absolute atomic E-state index is 0.126. The maximum atomic E-state index is 12.2. The van der Waals surface area contributed by atoms with E-state index in [0.29, 0.717) is 13.0 Å². The molecule has 0 spiro atoms. The van der Waals surface area contributed by atoms with Crippen LogP contribution in [0.3, 0.4) is 0 Å². The van der Waals surface area contributed by atoms with E-state index in [1.54, 1.807) is 4.90 Å². The maximum Gasteiger partial charge on any atom is 0.231 e. The first kappa shape index (κ1) is 12.8. The molecule has 0 saturated carbocycles. The van der Waals surface area contributed by atoms with E-state index in [-0.39, 0.29) is 12.0 Å². The lowest BCUT2D eigenvalue weighted by molar-refractivity contribution is -0.128. The molecule has 1 fully saturated rings. The zero-order valence-electron chi connectivity index (χ0n) is 10.7. The second-order valence-electron chi connectivity index (χ2n) is 4.46. The number of benzene rings is 1. The van der Waals surface area contributed by atoms with Gasteiger partial charge in [0.25, 0.3) is 0 Å². The minimum Gasteiger partial charge on any atom is -0.371 e. The first-order valence-corrected chi connectivity index (χ1v) is 6.41. The smallest absolute Gasteiger partial charge is 0.231 e. The Hall–Kier alpha value is -1.61. The van der Waals surface area contributed by atoms with Crippen LogP contribution in [0.4, 0.5) is 0 Å². The number of hydrogen-bond acceptors (Lipinski definition) is 2. The third-order valence-electron chi connectivity index (χ3n) is 2.84. The molecule has 18 heavy (non-hydrogen) atoms. The van der Waals surface area contributed by atoms with Gasteiger partial charge in [0, 0.05) is 6.20 Å². The number of carbonyl (C=O) groups is 1. The van der Waals surface area contributed by atoms with E-state index in [2.05, 4.69) is 6.92 Å². The summed E-state index contributed by atoms with van der Waals surface area (Å²) in [6.07, 6.45) is 5.49. The Bertz CT molecular complexity index is 410. The van der Waals surface area contributed by atoms with Crippen molar-refractivity contribution in [2.45, 2.75) is 25.9 Å². The molecule has 0 N–H and O–H groups in total. The standard InChI is InChI=1S/C15H19NO2/c1-2-3-9-16(11-14-12-18-14)15(17)10-13-7-5-4-6-8-13/h3-9,14H,2,10-12H2,1H3/b9-3+. The molecule has 0 aromatic heterocycles. The highest BCUT2D eigenvalue weighted by Gasteiger charge is 2.26. The van der Waals surface area contributed by atoms with Gasteiger partial charge in [-0.1, -0.05) is 43.3 Å². The zero-order valence-corrected chi connectivity index (χ0v) is 10.7. The van der Waals surface area contributed by atoms with Crippen molar-refractivity contribution in [3.8, 4) is 0 Å². The average Bonchev–Trinajstić information content (AvgIpc) is 3.19. The third kappa shape index (κ3) is 4.00. The van der Waals surface area contributed by atoms with Crippen molar-refractivity contribution in [2.24, 2.45) is 0 Å². The molecule has 1 heterocycles. The summed E-state index contributed by atoms with van der Waals surface area (Å²) in [4.78, 5) is 14.0. The van der Waals surface area contributed by atoms with Crippen LogP contribution in [-0.2, 0) is 16.0 Å². The molecule has 1 atom stereocenters. The molecule has 3 nitrogen and oxygen atoms in total. The van der Waals surface area contributed by atoms with Crippen molar-refractivity contribution in [1.29, 1.82) is 0 Å². The highest BCUT2D eigenvalue weighted by Crippen LogP contribution is 2.13. The van der Waals surface area contributed by atoms with E-state index in [0.717, 1.165) is 18.6 Å². The van der Waals surface area contributed by atoms with Gasteiger partial charge in [0.1, 0.15) is 0 Å². The number of epoxide rings is 1. The number of allylic oxidation sites excluding steroid dienone is 1. The predicted octanol–water partition coefficient (Wildman–Crippen LogP) is 2.38. The summed E-state index contributed by atoms with van der Waals surface area (Å²) in [6, 6.07) is 9.83. The Kier molecular flexibility index (Phi) is 4.53. The van der Waals surface area contributed by atoms with Crippen molar-refractivity contribution >= 4 is 5.91 Å². The van der Waals surface area contributed by atoms with Gasteiger partial charge in [0.15, 0.2) is 0 Å². The van der Waals surface area contributed by atoms with Crippen molar-refractivity contribution < 1.29 is 9.53 Å². The van der Waals surface area contributed by atoms with Crippen molar-refractivity contribution in [1.82, 2.24) is 4.90 Å². The molecule has 2 rings (SSSR count). The van der Waals surface area contributed by atoms with Gasteiger partial charge in [0.2, 0.25) is 5.91 Å². The molecule has 1 aromatic rings. The third-order valence-corrected chi connectivity index (χ3v) is 2.84. The first-order chi connectivity index (χ1) is 8.79. The second-order valence-corrected chi connectivity index (χ2v) is 4.46. The Morgan fingerprint density at radius 3 is 2.78 bits per heavy atom. The van der Waals surface area contributed by atoms with Crippen LogP contribution in [-0.4, -0.2) is 30.1 Å². The lowest BCUT2D eigenvalue weighted by Crippen LogP contribution is -2.30. The van der Waals surface area contributed by atoms with Crippen LogP contribution in [0.1, 0.15) is 18.9 Å². The van der Waals surface area contributed by atoms with Crippen molar-refractivity contribution in [2.75, 3.05) is 13.2 Å². The summed E-state index contributed by atoms with van der Waals surface area (Å²) in [5, 5.41) is 0. The van der Waals surface area contributed by atoms with E-state index < -0.39 is 0 Å². The number of nitrogens with zero attached hydrogens (tertiary/aromatic N) is 1. The Morgan fingerprint density at radius 1 is 1.44 bits per heavy atom. The van der Waals surface area contributed by atoms with Crippen LogP contribution in [0.25, 0.3) is 0 Å². The lowest BCUT2D eigenvalue weighted by Gasteiger charge is -2.17. The summed E-state index contributed by atoms with van der Waals surface area (Å²) in [7, 11) is 0. The molecule has 0 bridgehead atoms. The van der Waals surface area contributed by atoms with Gasteiger partial charge >= 0.3 is 0 Å². The topological polar surface area (TPSA) is 32.8 Å². The van der Waals surface area contributed by atoms with Crippen LogP contribution in [0.2, 0.25) is 0 Å². The van der Waals surface area contributed by atoms with Gasteiger partial charge < -0.3 is 9.64 Å². The zero-order chi connectivity index (χ0) is 12.8. The molecule has 1 aromatic carbocycles. The highest BCUT2D eigenvalue weighted by molar-refractivity contribution is 5.79. The summed E-state index contributed by atoms with van der Waals surface area (Å²) in [5.41, 5.74) is 1.05. The fourth-order valence-corrected chi connectivity index (χ4v) is 1.74. The van der Waals surface area contributed by atoms with E-state index in [1.807, 2.05) is 42.6 Å². The molecule has 1 aliphatic heterocycles. The van der Waals surface area contributed by atoms with E-state index >= 15 is 0 Å². The molecular weight excluding hydrogens is 226 g/mol. The summed E-state index contributed by atoms with van der Waals surface area (Å²) in [5.74, 6) is 0.126. The Labute approximate surface area is 108 Å². The summed E-state index contributed by atoms with van der Waals surface area (Å²) in [6.45, 7) is 3.50. The van der Waals surface area contributed by atoms with Gasteiger partial charge in [0.05, 0.1) is 25.7 Å². The molecule has 1 aliphatic rings. The fraction of sp³-hybridized carbons (Fsp3) is 0.400. The average molecular weight is 245 g/mol. The van der Waals surface area contributed by atoms with Gasteiger partial charge in [-0.05, 0) is 12.0 Å². The van der Waals surface area contributed by atoms with Crippen LogP contribution >= 0.6 is 0 Å². The van der Waals surface area contributed by atoms with Gasteiger partial charge in [-0.15, -0.1) is 0 Å². The normalized spacial score (nSPS) is 17.9. The molecule has 0 radical (unpaired) electrons. The molecule has 96 valence electrons. The quantitative estimate of drug-likeness (QED) is 0.721. The highest BCUT2D eigenvalue weighted by atomic mass is 16.6. The lowest BCUT2D eigenvalue weighted by atomic mass is 10.1. The number of hydrogen-bond donors (Lipinski definition) is 0. The van der Waals surface area contributed by atoms with Crippen LogP contribution in [0.5, 0.6) is 0 Å². The van der Waals surface area contributed by atoms with Crippen LogP contribution in [0.15, 0.2) is 42.6 Å². The fourth-order valence-electron chi connectivity index (χ4n) is 1.74. The van der Waals surface area contributed by atoms with Crippen LogP contribution < -0.4 is 0 Å². The summed E-state index contributed by atoms with van der Waals surface area (Å²) >= 11 is 0. The molecular formula is C15H19NO2. The Balaban J connectivity index is 1.95. The summed E-state index contributed by atoms with van der Waals surface area (Å²) < 4.78 is 5.19. The van der Waals surface area contributed by atoms with Gasteiger partial charge in [-0.3, -0.25) is 4.79 Å². The molecule has 1 unspecified atom stereocenters. The maximum absolute atomic E-state index is 12.2. The number of ether oxygens (including phenoxy) is 1. The van der Waals surface area contributed by atoms with Gasteiger partial charge in [-0.25, -0.2) is 0 Å². The molecule has 1 saturated heterocycles. The van der Waals surface area contributed by atoms with Crippen molar-refractivity contribution in [3.63, 3.8) is 0 Å². The predicted molar refractivity (Wildman–Crippen MR) is 71.0 cm³/mol. The van der Waals surface area contributed by atoms with E-state index in [1.165, 1.54) is 0 Å². The van der Waals surface area contributed by atoms with Crippen molar-refractivity contribution in [3.05, 3.63) is 48.2 Å². The number of carbonyl (C=O) groups excluding carboxylic acids is 1. The minimum atomic E-state index is 0.126. The monoisotopic (exact) mass is 245 g/mol. The van der Waals surface area contributed by atoms with E-state index in [4.69, 9.17) is 4.74 Å². The number of amides is 1. The SMILES string of the molecule is CC/C=C/N(CC1CO1)C(=O)Cc1ccccc1. The molecule has 3 heteroatoms. The molecule has 0 aliphatic carbocycles. The first-order valence-electron chi connectivity index (χ1n) is 6.41. The second kappa shape index (κ2) is 6.36. The largest absolute Gasteiger partial charge is 0.371 e. The van der Waals surface area contributed by atoms with Crippen LogP contribution in [0, 0.1) is 0 Å².